The second-order valence-corrected chi connectivity index (χ2v) is 4.95. The van der Waals surface area contributed by atoms with Crippen LogP contribution >= 0.6 is 0 Å². The zero-order chi connectivity index (χ0) is 13.2. The van der Waals surface area contributed by atoms with Crippen molar-refractivity contribution >= 4 is 5.97 Å². The maximum atomic E-state index is 11.5. The third kappa shape index (κ3) is 2.20. The Bertz CT molecular complexity index is 458. The van der Waals surface area contributed by atoms with Gasteiger partial charge >= 0.3 is 5.97 Å². The summed E-state index contributed by atoms with van der Waals surface area (Å²) in [5.74, 6) is 0.0510. The highest BCUT2D eigenvalue weighted by Crippen LogP contribution is 2.33. The van der Waals surface area contributed by atoms with Gasteiger partial charge in [-0.05, 0) is 49.9 Å². The quantitative estimate of drug-likeness (QED) is 0.852. The first kappa shape index (κ1) is 12.9. The molecule has 1 atom stereocenters. The fraction of sp³-hybridized carbons (Fsp3) is 0.500. The first-order chi connectivity index (χ1) is 8.58. The summed E-state index contributed by atoms with van der Waals surface area (Å²) in [7, 11) is 0. The zero-order valence-corrected chi connectivity index (χ0v) is 10.6. The molecular formula is C14H19NO3. The molecule has 0 aromatic heterocycles. The smallest absolute Gasteiger partial charge is 0.313 e. The zero-order valence-electron chi connectivity index (χ0n) is 10.6. The lowest BCUT2D eigenvalue weighted by Gasteiger charge is -2.27. The van der Waals surface area contributed by atoms with Gasteiger partial charge in [0, 0.05) is 0 Å². The van der Waals surface area contributed by atoms with Crippen LogP contribution in [0.3, 0.4) is 0 Å². The minimum absolute atomic E-state index is 0.358. The third-order valence-corrected chi connectivity index (χ3v) is 3.66. The number of ether oxygens (including phenoxy) is 1. The monoisotopic (exact) mass is 249 g/mol. The molecule has 0 bridgehead atoms. The van der Waals surface area contributed by atoms with Crippen LogP contribution in [0.5, 0.6) is 5.75 Å². The standard InChI is InChI=1S/C14H19NO3/c1-14(6-7-15,13(16)17)11-4-5-12-10(9-11)3-2-8-18-12/h4-5,9H,2-3,6-8,15H2,1H3,(H,16,17). The van der Waals surface area contributed by atoms with Crippen LogP contribution in [0.1, 0.15) is 30.9 Å². The van der Waals surface area contributed by atoms with Crippen LogP contribution in [0.25, 0.3) is 0 Å². The summed E-state index contributed by atoms with van der Waals surface area (Å²) in [5, 5.41) is 9.43. The molecule has 0 fully saturated rings. The topological polar surface area (TPSA) is 72.6 Å². The van der Waals surface area contributed by atoms with Crippen molar-refractivity contribution in [2.75, 3.05) is 13.2 Å². The van der Waals surface area contributed by atoms with Gasteiger partial charge in [-0.3, -0.25) is 4.79 Å². The number of aryl methyl sites for hydroxylation is 1. The summed E-state index contributed by atoms with van der Waals surface area (Å²) in [6.07, 6.45) is 2.36. The van der Waals surface area contributed by atoms with Gasteiger partial charge in [0.1, 0.15) is 5.75 Å². The molecular weight excluding hydrogens is 230 g/mol. The molecule has 1 aromatic rings. The number of hydrogen-bond donors (Lipinski definition) is 2. The van der Waals surface area contributed by atoms with E-state index in [0.717, 1.165) is 36.3 Å². The van der Waals surface area contributed by atoms with Crippen molar-refractivity contribution in [3.63, 3.8) is 0 Å². The largest absolute Gasteiger partial charge is 0.493 e. The normalized spacial score (nSPS) is 17.4. The molecule has 1 heterocycles. The Morgan fingerprint density at radius 3 is 3.00 bits per heavy atom. The van der Waals surface area contributed by atoms with Gasteiger partial charge in [-0.2, -0.15) is 0 Å². The number of aliphatic carboxylic acids is 1. The molecule has 1 aromatic carbocycles. The number of carboxylic acid groups (broad SMARTS) is 1. The van der Waals surface area contributed by atoms with Crippen molar-refractivity contribution in [1.29, 1.82) is 0 Å². The first-order valence-electron chi connectivity index (χ1n) is 6.27. The van der Waals surface area contributed by atoms with Crippen LogP contribution in [0.2, 0.25) is 0 Å². The van der Waals surface area contributed by atoms with Crippen molar-refractivity contribution in [3.05, 3.63) is 29.3 Å². The van der Waals surface area contributed by atoms with Crippen LogP contribution in [0.15, 0.2) is 18.2 Å². The highest BCUT2D eigenvalue weighted by Gasteiger charge is 2.35. The number of benzene rings is 1. The molecule has 18 heavy (non-hydrogen) atoms. The molecule has 1 unspecified atom stereocenters. The van der Waals surface area contributed by atoms with E-state index in [1.54, 1.807) is 6.92 Å². The number of carbonyl (C=O) groups is 1. The Morgan fingerprint density at radius 1 is 1.56 bits per heavy atom. The van der Waals surface area contributed by atoms with Gasteiger partial charge in [-0.15, -0.1) is 0 Å². The molecule has 1 aliphatic rings. The van der Waals surface area contributed by atoms with E-state index >= 15 is 0 Å². The minimum atomic E-state index is -0.915. The number of carboxylic acids is 1. The van der Waals surface area contributed by atoms with Crippen molar-refractivity contribution < 1.29 is 14.6 Å². The summed E-state index contributed by atoms with van der Waals surface area (Å²) in [6.45, 7) is 2.83. The predicted molar refractivity (Wildman–Crippen MR) is 68.9 cm³/mol. The molecule has 3 N–H and O–H groups in total. The summed E-state index contributed by atoms with van der Waals surface area (Å²) >= 11 is 0. The summed E-state index contributed by atoms with van der Waals surface area (Å²) in [5.41, 5.74) is 6.53. The van der Waals surface area contributed by atoms with Crippen LogP contribution in [-0.4, -0.2) is 24.2 Å². The van der Waals surface area contributed by atoms with E-state index in [1.165, 1.54) is 0 Å². The van der Waals surface area contributed by atoms with Crippen LogP contribution in [0, 0.1) is 0 Å². The average molecular weight is 249 g/mol. The van der Waals surface area contributed by atoms with E-state index in [0.29, 0.717) is 13.0 Å². The Balaban J connectivity index is 2.39. The minimum Gasteiger partial charge on any atom is -0.493 e. The van der Waals surface area contributed by atoms with E-state index in [2.05, 4.69) is 0 Å². The third-order valence-electron chi connectivity index (χ3n) is 3.66. The van der Waals surface area contributed by atoms with Gasteiger partial charge in [0.15, 0.2) is 0 Å². The Hall–Kier alpha value is -1.55. The molecule has 98 valence electrons. The SMILES string of the molecule is CC(CCN)(C(=O)O)c1ccc2c(c1)CCCO2. The van der Waals surface area contributed by atoms with Crippen molar-refractivity contribution in [2.45, 2.75) is 31.6 Å². The van der Waals surface area contributed by atoms with Gasteiger partial charge < -0.3 is 15.6 Å². The van der Waals surface area contributed by atoms with Gasteiger partial charge in [0.05, 0.1) is 12.0 Å². The van der Waals surface area contributed by atoms with Gasteiger partial charge in [0.2, 0.25) is 0 Å². The Labute approximate surface area is 107 Å². The number of rotatable bonds is 4. The van der Waals surface area contributed by atoms with Crippen LogP contribution in [-0.2, 0) is 16.6 Å². The highest BCUT2D eigenvalue weighted by atomic mass is 16.5. The molecule has 0 saturated heterocycles. The predicted octanol–water partition coefficient (Wildman–Crippen LogP) is 1.70. The maximum Gasteiger partial charge on any atom is 0.313 e. The Morgan fingerprint density at radius 2 is 2.33 bits per heavy atom. The number of fused-ring (bicyclic) bond motifs is 1. The molecule has 2 rings (SSSR count). The Kier molecular flexibility index (Phi) is 3.57. The molecule has 4 heteroatoms. The second kappa shape index (κ2) is 4.98. The summed E-state index contributed by atoms with van der Waals surface area (Å²) in [4.78, 5) is 11.5. The van der Waals surface area contributed by atoms with E-state index in [-0.39, 0.29) is 0 Å². The summed E-state index contributed by atoms with van der Waals surface area (Å²) < 4.78 is 5.54. The van der Waals surface area contributed by atoms with Crippen LogP contribution < -0.4 is 10.5 Å². The first-order valence-corrected chi connectivity index (χ1v) is 6.27. The fourth-order valence-electron chi connectivity index (χ4n) is 2.37. The van der Waals surface area contributed by atoms with Crippen LogP contribution in [0.4, 0.5) is 0 Å². The van der Waals surface area contributed by atoms with Crippen molar-refractivity contribution in [1.82, 2.24) is 0 Å². The number of nitrogens with two attached hydrogens (primary N) is 1. The lowest BCUT2D eigenvalue weighted by atomic mass is 9.78. The lowest BCUT2D eigenvalue weighted by Crippen LogP contribution is -2.35. The molecule has 0 radical (unpaired) electrons. The molecule has 0 amide bonds. The summed E-state index contributed by atoms with van der Waals surface area (Å²) in [6, 6.07) is 5.67. The van der Waals surface area contributed by atoms with Crippen molar-refractivity contribution in [2.24, 2.45) is 5.73 Å². The molecule has 0 aliphatic carbocycles. The molecule has 4 nitrogen and oxygen atoms in total. The average Bonchev–Trinajstić information content (AvgIpc) is 2.38. The second-order valence-electron chi connectivity index (χ2n) is 4.95. The van der Waals surface area contributed by atoms with E-state index in [9.17, 15) is 9.90 Å². The van der Waals surface area contributed by atoms with Gasteiger partial charge in [0.25, 0.3) is 0 Å². The van der Waals surface area contributed by atoms with Gasteiger partial charge in [-0.25, -0.2) is 0 Å². The number of hydrogen-bond acceptors (Lipinski definition) is 3. The van der Waals surface area contributed by atoms with E-state index < -0.39 is 11.4 Å². The van der Waals surface area contributed by atoms with Crippen molar-refractivity contribution in [3.8, 4) is 5.75 Å². The molecule has 1 aliphatic heterocycles. The van der Waals surface area contributed by atoms with E-state index in [4.69, 9.17) is 10.5 Å². The fourth-order valence-corrected chi connectivity index (χ4v) is 2.37. The van der Waals surface area contributed by atoms with Gasteiger partial charge in [-0.1, -0.05) is 12.1 Å². The van der Waals surface area contributed by atoms with E-state index in [1.807, 2.05) is 18.2 Å². The highest BCUT2D eigenvalue weighted by molar-refractivity contribution is 5.81. The molecule has 0 saturated carbocycles. The lowest BCUT2D eigenvalue weighted by molar-refractivity contribution is -0.143. The maximum absolute atomic E-state index is 11.5. The molecule has 0 spiro atoms.